The molecule has 1 aliphatic rings. The number of hydrogen-bond donors (Lipinski definition) is 3. The van der Waals surface area contributed by atoms with Gasteiger partial charge < -0.3 is 20.2 Å². The summed E-state index contributed by atoms with van der Waals surface area (Å²) in [6.45, 7) is 4.08. The summed E-state index contributed by atoms with van der Waals surface area (Å²) in [5, 5.41) is 15.3. The normalized spacial score (nSPS) is 22.8. The molecule has 3 unspecified atom stereocenters. The van der Waals surface area contributed by atoms with Crippen LogP contribution in [0.1, 0.15) is 38.1 Å². The van der Waals surface area contributed by atoms with Crippen molar-refractivity contribution in [2.45, 2.75) is 51.5 Å². The van der Waals surface area contributed by atoms with Gasteiger partial charge in [0.2, 0.25) is 5.95 Å². The van der Waals surface area contributed by atoms with Crippen LogP contribution >= 0.6 is 0 Å². The highest BCUT2D eigenvalue weighted by Gasteiger charge is 2.43. The van der Waals surface area contributed by atoms with Crippen LogP contribution in [-0.4, -0.2) is 44.9 Å². The minimum atomic E-state index is -4.64. The van der Waals surface area contributed by atoms with E-state index in [-0.39, 0.29) is 52.6 Å². The molecule has 1 fully saturated rings. The fourth-order valence-corrected chi connectivity index (χ4v) is 4.62. The lowest BCUT2D eigenvalue weighted by molar-refractivity contribution is -0.141. The molecule has 0 saturated heterocycles. The molecule has 1 saturated carbocycles. The molecule has 0 bridgehead atoms. The second-order valence-electron chi connectivity index (χ2n) is 9.35. The van der Waals surface area contributed by atoms with E-state index in [1.807, 2.05) is 13.8 Å². The molecule has 3 atom stereocenters. The molecule has 3 aromatic heterocycles. The van der Waals surface area contributed by atoms with Crippen LogP contribution in [0.2, 0.25) is 0 Å². The summed E-state index contributed by atoms with van der Waals surface area (Å²) in [6, 6.07) is 2.25. The first kappa shape index (κ1) is 26.0. The molecule has 7 nitrogen and oxygen atoms in total. The number of anilines is 2. The summed E-state index contributed by atoms with van der Waals surface area (Å²) in [4.78, 5) is 11.8. The minimum absolute atomic E-state index is 0.00794. The second-order valence-corrected chi connectivity index (χ2v) is 9.35. The van der Waals surface area contributed by atoms with E-state index >= 15 is 0 Å². The average Bonchev–Trinajstić information content (AvgIpc) is 3.31. The maximum atomic E-state index is 13.1. The molecule has 13 heteroatoms. The molecule has 4 rings (SSSR count). The number of halogens is 6. The van der Waals surface area contributed by atoms with Crippen LogP contribution < -0.4 is 10.6 Å². The van der Waals surface area contributed by atoms with E-state index in [0.717, 1.165) is 18.7 Å². The number of aliphatic hydroxyl groups excluding tert-OH is 1. The Hall–Kier alpha value is -3.09. The minimum Gasteiger partial charge on any atom is -0.454 e. The molecule has 0 aromatic carbocycles. The van der Waals surface area contributed by atoms with Crippen LogP contribution in [0.3, 0.4) is 0 Å². The lowest BCUT2D eigenvalue weighted by atomic mass is 9.86. The largest absolute Gasteiger partial charge is 0.454 e. The quantitative estimate of drug-likeness (QED) is 0.356. The Balaban J connectivity index is 1.80. The second kappa shape index (κ2) is 9.09. The number of aromatic nitrogens is 3. The summed E-state index contributed by atoms with van der Waals surface area (Å²) < 4.78 is 83.5. The van der Waals surface area contributed by atoms with Crippen molar-refractivity contribution in [2.24, 2.45) is 11.8 Å². The molecule has 196 valence electrons. The van der Waals surface area contributed by atoms with Gasteiger partial charge in [-0.3, -0.25) is 0 Å². The van der Waals surface area contributed by atoms with Crippen molar-refractivity contribution in [3.8, 4) is 11.3 Å². The molecule has 3 N–H and O–H groups in total. The topological polar surface area (TPSA) is 96.1 Å². The molecule has 36 heavy (non-hydrogen) atoms. The first-order valence-corrected chi connectivity index (χ1v) is 11.3. The third kappa shape index (κ3) is 5.20. The van der Waals surface area contributed by atoms with E-state index in [2.05, 4.69) is 25.6 Å². The number of hydrogen-bond acceptors (Lipinski definition) is 7. The fraction of sp³-hybridized carbons (Fsp3) is 0.522. The van der Waals surface area contributed by atoms with E-state index in [1.54, 1.807) is 6.92 Å². The van der Waals surface area contributed by atoms with Crippen molar-refractivity contribution in [1.82, 2.24) is 15.0 Å². The van der Waals surface area contributed by atoms with Crippen LogP contribution in [0.15, 0.2) is 22.7 Å². The van der Waals surface area contributed by atoms with Gasteiger partial charge in [0, 0.05) is 17.5 Å². The number of nitrogens with zero attached hydrogens (tertiary/aromatic N) is 3. The number of rotatable bonds is 6. The number of furan rings is 1. The van der Waals surface area contributed by atoms with Crippen molar-refractivity contribution >= 4 is 22.7 Å². The summed E-state index contributed by atoms with van der Waals surface area (Å²) in [6.07, 6.45) is -6.77. The van der Waals surface area contributed by atoms with E-state index in [4.69, 9.17) is 4.42 Å². The molecular formula is C23H25F6N5O2. The Morgan fingerprint density at radius 1 is 1.17 bits per heavy atom. The summed E-state index contributed by atoms with van der Waals surface area (Å²) >= 11 is 0. The van der Waals surface area contributed by atoms with Gasteiger partial charge in [0.05, 0.1) is 17.5 Å². The zero-order valence-corrected chi connectivity index (χ0v) is 19.7. The van der Waals surface area contributed by atoms with Gasteiger partial charge in [-0.25, -0.2) is 9.97 Å². The fourth-order valence-electron chi connectivity index (χ4n) is 4.62. The van der Waals surface area contributed by atoms with Crippen molar-refractivity contribution in [2.75, 3.05) is 23.8 Å². The molecule has 3 aromatic rings. The third-order valence-corrected chi connectivity index (χ3v) is 6.86. The lowest BCUT2D eigenvalue weighted by Gasteiger charge is -2.34. The molecule has 0 radical (unpaired) electrons. The van der Waals surface area contributed by atoms with Crippen molar-refractivity contribution in [3.05, 3.63) is 29.7 Å². The third-order valence-electron chi connectivity index (χ3n) is 6.86. The Kier molecular flexibility index (Phi) is 6.56. The number of aliphatic hydroxyl groups is 1. The zero-order chi connectivity index (χ0) is 26.5. The van der Waals surface area contributed by atoms with E-state index in [1.165, 1.54) is 6.07 Å². The highest BCUT2D eigenvalue weighted by atomic mass is 19.4. The standard InChI is InChI=1S/C23H25F6N5O2/c1-11-13(9-35)4-5-21(11,3)34-19-18(12(2)32-20(33-19)31-10-22(24,25)26)15-6-14-7-17(23(27,28)29)30-8-16(14)36-15/h6-8,11,13,35H,4-5,9-10H2,1-3H3,(H2,31,32,33,34). The molecular weight excluding hydrogens is 492 g/mol. The van der Waals surface area contributed by atoms with Crippen LogP contribution in [0.5, 0.6) is 0 Å². The van der Waals surface area contributed by atoms with E-state index in [0.29, 0.717) is 12.0 Å². The number of nitrogens with one attached hydrogen (secondary N) is 2. The van der Waals surface area contributed by atoms with E-state index < -0.39 is 30.1 Å². The van der Waals surface area contributed by atoms with Crippen molar-refractivity contribution in [1.29, 1.82) is 0 Å². The Labute approximate surface area is 202 Å². The van der Waals surface area contributed by atoms with Gasteiger partial charge in [-0.2, -0.15) is 31.3 Å². The number of fused-ring (bicyclic) bond motifs is 1. The van der Waals surface area contributed by atoms with Gasteiger partial charge in [0.1, 0.15) is 23.8 Å². The highest BCUT2D eigenvalue weighted by Crippen LogP contribution is 2.44. The average molecular weight is 517 g/mol. The van der Waals surface area contributed by atoms with Gasteiger partial charge in [-0.15, -0.1) is 0 Å². The summed E-state index contributed by atoms with van der Waals surface area (Å²) in [5.41, 5.74) is -0.987. The molecule has 0 spiro atoms. The predicted octanol–water partition coefficient (Wildman–Crippen LogP) is 5.80. The van der Waals surface area contributed by atoms with Crippen LogP contribution in [0, 0.1) is 18.8 Å². The first-order chi connectivity index (χ1) is 16.7. The Morgan fingerprint density at radius 2 is 1.89 bits per heavy atom. The number of aryl methyl sites for hydroxylation is 1. The molecule has 0 aliphatic heterocycles. The molecule has 0 amide bonds. The summed E-state index contributed by atoms with van der Waals surface area (Å²) in [5.74, 6) is 0.0620. The SMILES string of the molecule is Cc1nc(NCC(F)(F)F)nc(NC2(C)CCC(CO)C2C)c1-c1cc2cc(C(F)(F)F)ncc2o1. The zero-order valence-electron chi connectivity index (χ0n) is 19.7. The summed E-state index contributed by atoms with van der Waals surface area (Å²) in [7, 11) is 0. The predicted molar refractivity (Wildman–Crippen MR) is 120 cm³/mol. The van der Waals surface area contributed by atoms with Crippen LogP contribution in [0.4, 0.5) is 38.1 Å². The molecule has 3 heterocycles. The smallest absolute Gasteiger partial charge is 0.433 e. The Bertz CT molecular complexity index is 1260. The Morgan fingerprint density at radius 3 is 2.50 bits per heavy atom. The van der Waals surface area contributed by atoms with Gasteiger partial charge >= 0.3 is 12.4 Å². The monoisotopic (exact) mass is 517 g/mol. The maximum absolute atomic E-state index is 13.1. The van der Waals surface area contributed by atoms with Gasteiger partial charge in [-0.05, 0) is 50.7 Å². The highest BCUT2D eigenvalue weighted by molar-refractivity contribution is 5.86. The number of pyridine rings is 1. The first-order valence-electron chi connectivity index (χ1n) is 11.3. The van der Waals surface area contributed by atoms with Crippen LogP contribution in [0.25, 0.3) is 22.3 Å². The van der Waals surface area contributed by atoms with Gasteiger partial charge in [0.15, 0.2) is 5.58 Å². The lowest BCUT2D eigenvalue weighted by Crippen LogP contribution is -2.40. The van der Waals surface area contributed by atoms with Gasteiger partial charge in [0.25, 0.3) is 0 Å². The van der Waals surface area contributed by atoms with Crippen LogP contribution in [-0.2, 0) is 6.18 Å². The molecule has 1 aliphatic carbocycles. The van der Waals surface area contributed by atoms with Crippen molar-refractivity contribution < 1.29 is 35.9 Å². The van der Waals surface area contributed by atoms with Crippen molar-refractivity contribution in [3.63, 3.8) is 0 Å². The van der Waals surface area contributed by atoms with Gasteiger partial charge in [-0.1, -0.05) is 6.92 Å². The van der Waals surface area contributed by atoms with E-state index in [9.17, 15) is 31.4 Å². The maximum Gasteiger partial charge on any atom is 0.433 e. The number of alkyl halides is 6.